The third-order valence-corrected chi connectivity index (χ3v) is 1.84. The minimum absolute atomic E-state index is 0.500. The minimum Gasteiger partial charge on any atom is -0.334 e. The summed E-state index contributed by atoms with van der Waals surface area (Å²) in [5, 5.41) is 0. The van der Waals surface area contributed by atoms with Gasteiger partial charge in [0, 0.05) is 7.05 Å². The summed E-state index contributed by atoms with van der Waals surface area (Å²) in [5.41, 5.74) is 2.26. The van der Waals surface area contributed by atoms with E-state index in [1.807, 2.05) is 31.8 Å². The second kappa shape index (κ2) is 7.97. The van der Waals surface area contributed by atoms with Crippen LogP contribution >= 0.6 is 0 Å². The van der Waals surface area contributed by atoms with Crippen LogP contribution in [0.2, 0.25) is 0 Å². The zero-order valence-electron chi connectivity index (χ0n) is 9.87. The molecule has 0 aliphatic heterocycles. The van der Waals surface area contributed by atoms with E-state index in [2.05, 4.69) is 29.3 Å². The van der Waals surface area contributed by atoms with Crippen LogP contribution in [0, 0.1) is 0 Å². The highest BCUT2D eigenvalue weighted by atomic mass is 19.1. The lowest BCUT2D eigenvalue weighted by atomic mass is 10.3. The van der Waals surface area contributed by atoms with Crippen LogP contribution in [-0.2, 0) is 7.05 Å². The first-order valence-corrected chi connectivity index (χ1v) is 5.10. The summed E-state index contributed by atoms with van der Waals surface area (Å²) in [7, 11) is 2.51. The second-order valence-corrected chi connectivity index (χ2v) is 2.67. The van der Waals surface area contributed by atoms with Gasteiger partial charge in [-0.25, -0.2) is 4.98 Å². The van der Waals surface area contributed by atoms with Crippen molar-refractivity contribution in [3.63, 3.8) is 0 Å². The Morgan fingerprint density at radius 2 is 1.80 bits per heavy atom. The molecular weight excluding hydrogens is 191 g/mol. The molecule has 0 saturated heterocycles. The molecule has 0 bridgehead atoms. The van der Waals surface area contributed by atoms with Gasteiger partial charge in [0.05, 0.1) is 24.9 Å². The number of imidazole rings is 1. The number of allylic oxidation sites excluding steroid dienone is 2. The topological polar surface area (TPSA) is 17.8 Å². The molecule has 3 heteroatoms. The van der Waals surface area contributed by atoms with Crippen molar-refractivity contribution in [2.45, 2.75) is 20.3 Å². The summed E-state index contributed by atoms with van der Waals surface area (Å²) >= 11 is 0. The lowest BCUT2D eigenvalue weighted by Crippen LogP contribution is -1.88. The molecule has 0 atom stereocenters. The number of rotatable bonds is 0. The Labute approximate surface area is 91.1 Å². The largest absolute Gasteiger partial charge is 0.334 e. The van der Waals surface area contributed by atoms with Gasteiger partial charge in [0.15, 0.2) is 0 Å². The molecule has 0 unspecified atom stereocenters. The number of aryl methyl sites for hydroxylation is 1. The van der Waals surface area contributed by atoms with E-state index in [0.717, 1.165) is 12.1 Å². The lowest BCUT2D eigenvalue weighted by Gasteiger charge is -1.93. The van der Waals surface area contributed by atoms with E-state index in [1.54, 1.807) is 0 Å². The summed E-state index contributed by atoms with van der Waals surface area (Å²) in [5.74, 6) is 0. The third kappa shape index (κ3) is 3.70. The highest BCUT2D eigenvalue weighted by Crippen LogP contribution is 2.14. The van der Waals surface area contributed by atoms with Gasteiger partial charge in [0.1, 0.15) is 0 Å². The first-order chi connectivity index (χ1) is 7.38. The number of fused-ring (bicyclic) bond motifs is 1. The van der Waals surface area contributed by atoms with Crippen molar-refractivity contribution in [2.75, 3.05) is 7.18 Å². The van der Waals surface area contributed by atoms with Crippen LogP contribution in [0.4, 0.5) is 4.39 Å². The SMILES string of the molecule is CC.CF.Cn1cnc2c1C=CCC=C2. The van der Waals surface area contributed by atoms with Crippen molar-refractivity contribution < 1.29 is 4.39 Å². The molecule has 1 aromatic rings. The van der Waals surface area contributed by atoms with Gasteiger partial charge in [-0.3, -0.25) is 4.39 Å². The van der Waals surface area contributed by atoms with Crippen LogP contribution in [0.1, 0.15) is 31.7 Å². The molecule has 0 spiro atoms. The van der Waals surface area contributed by atoms with E-state index in [0.29, 0.717) is 7.18 Å². The van der Waals surface area contributed by atoms with E-state index in [9.17, 15) is 4.39 Å². The van der Waals surface area contributed by atoms with Gasteiger partial charge in [0.25, 0.3) is 0 Å². The van der Waals surface area contributed by atoms with Gasteiger partial charge >= 0.3 is 0 Å². The molecule has 1 aliphatic rings. The monoisotopic (exact) mass is 210 g/mol. The molecule has 1 heterocycles. The number of alkyl halides is 1. The predicted molar refractivity (Wildman–Crippen MR) is 64.3 cm³/mol. The number of hydrogen-bond acceptors (Lipinski definition) is 1. The number of aromatic nitrogens is 2. The first kappa shape index (κ1) is 13.6. The smallest absolute Gasteiger partial charge is 0.0955 e. The standard InChI is InChI=1S/C9H10N2.C2H6.CH3F/c1-11-7-10-8-5-3-2-4-6-9(8)11;2*1-2/h3-7H,2H2,1H3;1-2H3;1H3. The van der Waals surface area contributed by atoms with Gasteiger partial charge in [-0.2, -0.15) is 0 Å². The zero-order valence-corrected chi connectivity index (χ0v) is 9.87. The van der Waals surface area contributed by atoms with E-state index < -0.39 is 0 Å². The Kier molecular flexibility index (Phi) is 7.24. The third-order valence-electron chi connectivity index (χ3n) is 1.84. The van der Waals surface area contributed by atoms with Crippen LogP contribution in [0.15, 0.2) is 18.5 Å². The summed E-state index contributed by atoms with van der Waals surface area (Å²) in [4.78, 5) is 4.24. The molecule has 0 aromatic carbocycles. The fourth-order valence-corrected chi connectivity index (χ4v) is 1.23. The quantitative estimate of drug-likeness (QED) is 0.641. The van der Waals surface area contributed by atoms with Crippen molar-refractivity contribution in [1.82, 2.24) is 9.55 Å². The van der Waals surface area contributed by atoms with E-state index in [4.69, 9.17) is 0 Å². The summed E-state index contributed by atoms with van der Waals surface area (Å²) in [6.45, 7) is 4.00. The van der Waals surface area contributed by atoms with Crippen molar-refractivity contribution in [1.29, 1.82) is 0 Å². The average Bonchev–Trinajstić information content (AvgIpc) is 2.56. The van der Waals surface area contributed by atoms with Crippen molar-refractivity contribution in [2.24, 2.45) is 7.05 Å². The first-order valence-electron chi connectivity index (χ1n) is 5.10. The normalized spacial score (nSPS) is 11.5. The van der Waals surface area contributed by atoms with Gasteiger partial charge in [-0.05, 0) is 18.6 Å². The average molecular weight is 210 g/mol. The van der Waals surface area contributed by atoms with Crippen LogP contribution in [0.25, 0.3) is 12.2 Å². The Bertz CT molecular complexity index is 324. The molecular formula is C12H19FN2. The molecule has 1 aliphatic carbocycles. The Hall–Kier alpha value is -1.38. The van der Waals surface area contributed by atoms with Crippen LogP contribution < -0.4 is 0 Å². The Balaban J connectivity index is 0.000000442. The molecule has 0 saturated carbocycles. The fourth-order valence-electron chi connectivity index (χ4n) is 1.23. The number of halogens is 1. The van der Waals surface area contributed by atoms with Crippen LogP contribution in [0.5, 0.6) is 0 Å². The summed E-state index contributed by atoms with van der Waals surface area (Å²) < 4.78 is 11.5. The number of hydrogen-bond donors (Lipinski definition) is 0. The molecule has 0 amide bonds. The maximum absolute atomic E-state index is 9.50. The fraction of sp³-hybridized carbons (Fsp3) is 0.417. The Morgan fingerprint density at radius 1 is 1.20 bits per heavy atom. The highest BCUT2D eigenvalue weighted by Gasteiger charge is 2.02. The zero-order chi connectivity index (χ0) is 11.7. The molecule has 0 N–H and O–H groups in total. The van der Waals surface area contributed by atoms with Crippen LogP contribution in [-0.4, -0.2) is 16.7 Å². The molecule has 0 radical (unpaired) electrons. The lowest BCUT2D eigenvalue weighted by molar-refractivity contribution is 0.636. The Morgan fingerprint density at radius 3 is 2.47 bits per heavy atom. The van der Waals surface area contributed by atoms with Crippen LogP contribution in [0.3, 0.4) is 0 Å². The minimum atomic E-state index is 0.500. The van der Waals surface area contributed by atoms with Gasteiger partial charge < -0.3 is 4.57 Å². The van der Waals surface area contributed by atoms with Gasteiger partial charge in [-0.1, -0.05) is 26.0 Å². The summed E-state index contributed by atoms with van der Waals surface area (Å²) in [6.07, 6.45) is 11.3. The number of nitrogens with zero attached hydrogens (tertiary/aromatic N) is 2. The van der Waals surface area contributed by atoms with Crippen molar-refractivity contribution in [3.8, 4) is 0 Å². The molecule has 2 nitrogen and oxygen atoms in total. The molecule has 1 aromatic heterocycles. The van der Waals surface area contributed by atoms with E-state index >= 15 is 0 Å². The van der Waals surface area contributed by atoms with Crippen molar-refractivity contribution in [3.05, 3.63) is 29.9 Å². The maximum Gasteiger partial charge on any atom is 0.0955 e. The van der Waals surface area contributed by atoms with E-state index in [-0.39, 0.29) is 0 Å². The molecule has 15 heavy (non-hydrogen) atoms. The molecule has 84 valence electrons. The van der Waals surface area contributed by atoms with E-state index in [1.165, 1.54) is 5.69 Å². The van der Waals surface area contributed by atoms with Gasteiger partial charge in [-0.15, -0.1) is 0 Å². The van der Waals surface area contributed by atoms with Gasteiger partial charge in [0.2, 0.25) is 0 Å². The molecule has 2 rings (SSSR count). The molecule has 0 fully saturated rings. The van der Waals surface area contributed by atoms with Crippen molar-refractivity contribution >= 4 is 12.2 Å². The summed E-state index contributed by atoms with van der Waals surface area (Å²) in [6, 6.07) is 0. The maximum atomic E-state index is 9.50. The second-order valence-electron chi connectivity index (χ2n) is 2.67. The highest BCUT2D eigenvalue weighted by molar-refractivity contribution is 5.62. The predicted octanol–water partition coefficient (Wildman–Crippen LogP) is 3.46.